The second-order valence-corrected chi connectivity index (χ2v) is 4.80. The Balaban J connectivity index is 2.16. The van der Waals surface area contributed by atoms with Gasteiger partial charge in [-0.05, 0) is 36.4 Å². The average Bonchev–Trinajstić information content (AvgIpc) is 2.61. The zero-order chi connectivity index (χ0) is 17.5. The number of hydrogen-bond acceptors (Lipinski definition) is 6. The highest BCUT2D eigenvalue weighted by atomic mass is 16.5. The van der Waals surface area contributed by atoms with E-state index in [1.807, 2.05) is 0 Å². The molecule has 0 aliphatic carbocycles. The number of ketones is 1. The summed E-state index contributed by atoms with van der Waals surface area (Å²) in [5.41, 5.74) is 1.16. The van der Waals surface area contributed by atoms with Crippen LogP contribution in [0.3, 0.4) is 0 Å². The van der Waals surface area contributed by atoms with E-state index in [-0.39, 0.29) is 11.5 Å². The molecule has 0 saturated carbocycles. The molecule has 0 aliphatic heterocycles. The molecule has 2 rings (SSSR count). The molecule has 126 valence electrons. The van der Waals surface area contributed by atoms with Crippen LogP contribution in [0.25, 0.3) is 0 Å². The van der Waals surface area contributed by atoms with Gasteiger partial charge in [0.1, 0.15) is 5.75 Å². The highest BCUT2D eigenvalue weighted by Crippen LogP contribution is 2.38. The fourth-order valence-corrected chi connectivity index (χ4v) is 2.09. The summed E-state index contributed by atoms with van der Waals surface area (Å²) in [5.74, 6) is 1.22. The first-order chi connectivity index (χ1) is 11.6. The Hall–Kier alpha value is -3.15. The first kappa shape index (κ1) is 17.2. The van der Waals surface area contributed by atoms with Crippen molar-refractivity contribution in [2.75, 3.05) is 26.6 Å². The van der Waals surface area contributed by atoms with Crippen LogP contribution in [0.4, 0.5) is 5.69 Å². The number of carbonyl (C=O) groups excluding carboxylic acids is 1. The molecule has 0 amide bonds. The van der Waals surface area contributed by atoms with Gasteiger partial charge >= 0.3 is 0 Å². The Kier molecular flexibility index (Phi) is 5.68. The van der Waals surface area contributed by atoms with Gasteiger partial charge in [0.2, 0.25) is 5.75 Å². The summed E-state index contributed by atoms with van der Waals surface area (Å²) in [6, 6.07) is 9.69. The maximum absolute atomic E-state index is 12.3. The molecule has 6 heteroatoms. The number of aromatic hydroxyl groups is 1. The highest BCUT2D eigenvalue weighted by Gasteiger charge is 2.15. The lowest BCUT2D eigenvalue weighted by molar-refractivity contribution is 0.104. The van der Waals surface area contributed by atoms with Crippen molar-refractivity contribution in [2.45, 2.75) is 0 Å². The molecule has 2 aromatic carbocycles. The van der Waals surface area contributed by atoms with Crippen LogP contribution in [0, 0.1) is 0 Å². The second-order valence-electron chi connectivity index (χ2n) is 4.80. The largest absolute Gasteiger partial charge is 0.508 e. The lowest BCUT2D eigenvalue weighted by Crippen LogP contribution is -2.01. The molecule has 24 heavy (non-hydrogen) atoms. The molecule has 0 fully saturated rings. The van der Waals surface area contributed by atoms with Gasteiger partial charge in [0.05, 0.1) is 21.3 Å². The van der Waals surface area contributed by atoms with Crippen LogP contribution in [-0.4, -0.2) is 32.2 Å². The second kappa shape index (κ2) is 7.92. The van der Waals surface area contributed by atoms with Crippen molar-refractivity contribution in [2.24, 2.45) is 0 Å². The third-order valence-electron chi connectivity index (χ3n) is 3.30. The number of hydrogen-bond donors (Lipinski definition) is 2. The number of anilines is 1. The van der Waals surface area contributed by atoms with E-state index in [2.05, 4.69) is 5.32 Å². The van der Waals surface area contributed by atoms with Gasteiger partial charge in [-0.3, -0.25) is 4.79 Å². The molecule has 2 aromatic rings. The third kappa shape index (κ3) is 3.98. The van der Waals surface area contributed by atoms with E-state index in [0.29, 0.717) is 22.8 Å². The number of benzene rings is 2. The Labute approximate surface area is 140 Å². The topological polar surface area (TPSA) is 77.0 Å². The summed E-state index contributed by atoms with van der Waals surface area (Å²) in [5, 5.41) is 12.2. The van der Waals surface area contributed by atoms with Crippen LogP contribution in [-0.2, 0) is 0 Å². The maximum Gasteiger partial charge on any atom is 0.203 e. The summed E-state index contributed by atoms with van der Waals surface area (Å²) in [6.07, 6.45) is 2.92. The predicted molar refractivity (Wildman–Crippen MR) is 91.3 cm³/mol. The van der Waals surface area contributed by atoms with E-state index in [4.69, 9.17) is 14.2 Å². The first-order valence-electron chi connectivity index (χ1n) is 7.15. The van der Waals surface area contributed by atoms with Gasteiger partial charge in [0, 0.05) is 23.5 Å². The standard InChI is InChI=1S/C18H19NO5/c1-22-16-10-12(11-17(23-2)18(16)24-3)15(21)8-9-19-13-4-6-14(20)7-5-13/h4-11,19-20H,1-3H3. The molecule has 2 N–H and O–H groups in total. The van der Waals surface area contributed by atoms with E-state index in [1.165, 1.54) is 33.6 Å². The summed E-state index contributed by atoms with van der Waals surface area (Å²) in [6.45, 7) is 0. The molecule has 0 saturated heterocycles. The van der Waals surface area contributed by atoms with Crippen molar-refractivity contribution in [1.82, 2.24) is 0 Å². The molecule has 0 aromatic heterocycles. The smallest absolute Gasteiger partial charge is 0.203 e. The van der Waals surface area contributed by atoms with Gasteiger partial charge < -0.3 is 24.6 Å². The number of nitrogens with one attached hydrogen (secondary N) is 1. The maximum atomic E-state index is 12.3. The van der Waals surface area contributed by atoms with Crippen LogP contribution in [0.5, 0.6) is 23.0 Å². The Morgan fingerprint density at radius 2 is 1.58 bits per heavy atom. The van der Waals surface area contributed by atoms with E-state index >= 15 is 0 Å². The summed E-state index contributed by atoms with van der Waals surface area (Å²) in [4.78, 5) is 12.3. The number of phenols is 1. The normalized spacial score (nSPS) is 10.5. The molecule has 0 atom stereocenters. The van der Waals surface area contributed by atoms with Gasteiger partial charge in [0.25, 0.3) is 0 Å². The Morgan fingerprint density at radius 3 is 2.08 bits per heavy atom. The molecular weight excluding hydrogens is 310 g/mol. The SMILES string of the molecule is COc1cc(C(=O)C=CNc2ccc(O)cc2)cc(OC)c1OC. The van der Waals surface area contributed by atoms with E-state index in [9.17, 15) is 9.90 Å². The Morgan fingerprint density at radius 1 is 1.00 bits per heavy atom. The van der Waals surface area contributed by atoms with Crippen LogP contribution in [0.1, 0.15) is 10.4 Å². The van der Waals surface area contributed by atoms with Crippen molar-refractivity contribution in [3.05, 3.63) is 54.2 Å². The van der Waals surface area contributed by atoms with Gasteiger partial charge in [-0.15, -0.1) is 0 Å². The fraction of sp³-hybridized carbons (Fsp3) is 0.167. The van der Waals surface area contributed by atoms with Gasteiger partial charge in [0.15, 0.2) is 17.3 Å². The van der Waals surface area contributed by atoms with Gasteiger partial charge in [-0.2, -0.15) is 0 Å². The van der Waals surface area contributed by atoms with Crippen LogP contribution >= 0.6 is 0 Å². The molecule has 0 spiro atoms. The molecule has 0 heterocycles. The number of methoxy groups -OCH3 is 3. The van der Waals surface area contributed by atoms with Crippen molar-refractivity contribution in [3.8, 4) is 23.0 Å². The van der Waals surface area contributed by atoms with E-state index < -0.39 is 0 Å². The first-order valence-corrected chi connectivity index (χ1v) is 7.15. The molecule has 6 nitrogen and oxygen atoms in total. The van der Waals surface area contributed by atoms with Crippen molar-refractivity contribution in [1.29, 1.82) is 0 Å². The number of allylic oxidation sites excluding steroid dienone is 1. The quantitative estimate of drug-likeness (QED) is 0.461. The molecular formula is C18H19NO5. The minimum atomic E-state index is -0.222. The van der Waals surface area contributed by atoms with Gasteiger partial charge in [-0.1, -0.05) is 0 Å². The zero-order valence-electron chi connectivity index (χ0n) is 13.7. The molecule has 0 unspecified atom stereocenters. The monoisotopic (exact) mass is 329 g/mol. The predicted octanol–water partition coefficient (Wildman–Crippen LogP) is 3.23. The van der Waals surface area contributed by atoms with Crippen LogP contribution in [0.2, 0.25) is 0 Å². The summed E-state index contributed by atoms with van der Waals surface area (Å²) >= 11 is 0. The summed E-state index contributed by atoms with van der Waals surface area (Å²) < 4.78 is 15.7. The molecule has 0 bridgehead atoms. The number of ether oxygens (including phenoxy) is 3. The number of phenolic OH excluding ortho intramolecular Hbond substituents is 1. The lowest BCUT2D eigenvalue weighted by atomic mass is 10.1. The zero-order valence-corrected chi connectivity index (χ0v) is 13.7. The average molecular weight is 329 g/mol. The van der Waals surface area contributed by atoms with E-state index in [1.54, 1.807) is 36.4 Å². The van der Waals surface area contributed by atoms with Crippen molar-refractivity contribution in [3.63, 3.8) is 0 Å². The van der Waals surface area contributed by atoms with Crippen LogP contribution < -0.4 is 19.5 Å². The summed E-state index contributed by atoms with van der Waals surface area (Å²) in [7, 11) is 4.49. The van der Waals surface area contributed by atoms with Crippen molar-refractivity contribution >= 4 is 11.5 Å². The van der Waals surface area contributed by atoms with Crippen molar-refractivity contribution < 1.29 is 24.1 Å². The van der Waals surface area contributed by atoms with E-state index in [0.717, 1.165) is 5.69 Å². The Bertz CT molecular complexity index is 713. The molecule has 0 aliphatic rings. The van der Waals surface area contributed by atoms with Crippen LogP contribution in [0.15, 0.2) is 48.7 Å². The fourth-order valence-electron chi connectivity index (χ4n) is 2.09. The third-order valence-corrected chi connectivity index (χ3v) is 3.30. The van der Waals surface area contributed by atoms with Gasteiger partial charge in [-0.25, -0.2) is 0 Å². The molecule has 0 radical (unpaired) electrons. The number of carbonyl (C=O) groups is 1. The minimum Gasteiger partial charge on any atom is -0.508 e. The minimum absolute atomic E-state index is 0.179. The lowest BCUT2D eigenvalue weighted by Gasteiger charge is -2.13. The highest BCUT2D eigenvalue weighted by molar-refractivity contribution is 6.05. The number of rotatable bonds is 7.